The Hall–Kier alpha value is -2.74. The van der Waals surface area contributed by atoms with Crippen molar-refractivity contribution in [2.24, 2.45) is 0 Å². The van der Waals surface area contributed by atoms with Crippen LogP contribution < -0.4 is 0 Å². The molecule has 0 spiro atoms. The highest BCUT2D eigenvalue weighted by Gasteiger charge is 2.13. The highest BCUT2D eigenvalue weighted by atomic mass is 16.3. The highest BCUT2D eigenvalue weighted by molar-refractivity contribution is 5.73. The zero-order valence-electron chi connectivity index (χ0n) is 12.8. The molecule has 0 atom stereocenters. The Bertz CT molecular complexity index is 774. The second-order valence-corrected chi connectivity index (χ2v) is 5.29. The zero-order chi connectivity index (χ0) is 15.7. The van der Waals surface area contributed by atoms with Gasteiger partial charge in [-0.25, -0.2) is 0 Å². The van der Waals surface area contributed by atoms with E-state index in [9.17, 15) is 0 Å². The van der Waals surface area contributed by atoms with E-state index < -0.39 is 0 Å². The first kappa shape index (κ1) is 14.2. The van der Waals surface area contributed by atoms with Crippen LogP contribution in [0.1, 0.15) is 22.6 Å². The van der Waals surface area contributed by atoms with Crippen molar-refractivity contribution in [1.82, 2.24) is 0 Å². The second-order valence-electron chi connectivity index (χ2n) is 5.29. The van der Waals surface area contributed by atoms with Crippen molar-refractivity contribution in [3.8, 4) is 22.6 Å². The predicted molar refractivity (Wildman–Crippen MR) is 91.5 cm³/mol. The van der Waals surface area contributed by atoms with E-state index in [2.05, 4.69) is 39.1 Å². The molecule has 0 aliphatic rings. The second kappa shape index (κ2) is 5.57. The summed E-state index contributed by atoms with van der Waals surface area (Å²) in [6, 6.07) is 12.1. The largest absolute Gasteiger partial charge is 0.457 e. The van der Waals surface area contributed by atoms with Gasteiger partial charge in [0.05, 0.1) is 0 Å². The van der Waals surface area contributed by atoms with E-state index in [0.717, 1.165) is 45.3 Å². The van der Waals surface area contributed by atoms with Crippen LogP contribution in [0.5, 0.6) is 0 Å². The molecule has 2 heteroatoms. The molecule has 0 N–H and O–H groups in total. The zero-order valence-corrected chi connectivity index (χ0v) is 12.8. The Labute approximate surface area is 130 Å². The van der Waals surface area contributed by atoms with E-state index >= 15 is 0 Å². The Kier molecular flexibility index (Phi) is 3.60. The van der Waals surface area contributed by atoms with Crippen LogP contribution in [0.3, 0.4) is 0 Å². The smallest absolute Gasteiger partial charge is 0.135 e. The van der Waals surface area contributed by atoms with Gasteiger partial charge in [0.15, 0.2) is 0 Å². The molecule has 3 aromatic rings. The van der Waals surface area contributed by atoms with Gasteiger partial charge >= 0.3 is 0 Å². The van der Waals surface area contributed by atoms with E-state index in [-0.39, 0.29) is 0 Å². The summed E-state index contributed by atoms with van der Waals surface area (Å²) in [4.78, 5) is 0. The lowest BCUT2D eigenvalue weighted by Crippen LogP contribution is -1.88. The van der Waals surface area contributed by atoms with Crippen LogP contribution >= 0.6 is 0 Å². The third-order valence-electron chi connectivity index (χ3n) is 3.76. The van der Waals surface area contributed by atoms with Gasteiger partial charge in [-0.2, -0.15) is 0 Å². The molecule has 0 amide bonds. The number of furan rings is 2. The summed E-state index contributed by atoms with van der Waals surface area (Å²) in [5, 5.41) is 0. The summed E-state index contributed by atoms with van der Waals surface area (Å²) in [5.41, 5.74) is 4.46. The molecular formula is C20H18O2. The van der Waals surface area contributed by atoms with Gasteiger partial charge in [0.1, 0.15) is 23.0 Å². The molecule has 22 heavy (non-hydrogen) atoms. The first-order chi connectivity index (χ1) is 10.6. The Balaban J connectivity index is 2.07. The number of rotatable bonds is 4. The monoisotopic (exact) mass is 290 g/mol. The molecular weight excluding hydrogens is 272 g/mol. The SMILES string of the molecule is C=Cc1ccc(-c2cc(C)c(-c3ccc(C=C)o3)cc2C)o1. The molecule has 0 saturated carbocycles. The van der Waals surface area contributed by atoms with Gasteiger partial charge in [-0.1, -0.05) is 13.2 Å². The maximum absolute atomic E-state index is 5.77. The topological polar surface area (TPSA) is 26.3 Å². The van der Waals surface area contributed by atoms with Crippen LogP contribution in [0.25, 0.3) is 34.8 Å². The van der Waals surface area contributed by atoms with Gasteiger partial charge in [0, 0.05) is 11.1 Å². The summed E-state index contributed by atoms with van der Waals surface area (Å²) in [6.07, 6.45) is 3.42. The first-order valence-electron chi connectivity index (χ1n) is 7.19. The van der Waals surface area contributed by atoms with E-state index in [1.54, 1.807) is 12.2 Å². The molecule has 110 valence electrons. The minimum atomic E-state index is 0.776. The van der Waals surface area contributed by atoms with Gasteiger partial charge in [-0.05, 0) is 73.5 Å². The van der Waals surface area contributed by atoms with Crippen molar-refractivity contribution < 1.29 is 8.83 Å². The Morgan fingerprint density at radius 2 is 1.14 bits per heavy atom. The number of hydrogen-bond donors (Lipinski definition) is 0. The molecule has 0 radical (unpaired) electrons. The minimum absolute atomic E-state index is 0.776. The van der Waals surface area contributed by atoms with Gasteiger partial charge in [0.25, 0.3) is 0 Å². The fourth-order valence-electron chi connectivity index (χ4n) is 2.56. The van der Waals surface area contributed by atoms with Gasteiger partial charge in [0.2, 0.25) is 0 Å². The average molecular weight is 290 g/mol. The van der Waals surface area contributed by atoms with E-state index in [0.29, 0.717) is 0 Å². The molecule has 0 fully saturated rings. The van der Waals surface area contributed by atoms with Crippen molar-refractivity contribution in [2.45, 2.75) is 13.8 Å². The van der Waals surface area contributed by atoms with Crippen molar-refractivity contribution in [3.63, 3.8) is 0 Å². The van der Waals surface area contributed by atoms with Crippen LogP contribution in [-0.2, 0) is 0 Å². The predicted octanol–water partition coefficient (Wildman–Crippen LogP) is 6.11. The van der Waals surface area contributed by atoms with Crippen LogP contribution in [0.15, 0.2) is 58.4 Å². The molecule has 0 saturated heterocycles. The summed E-state index contributed by atoms with van der Waals surface area (Å²) >= 11 is 0. The maximum Gasteiger partial charge on any atom is 0.135 e. The Morgan fingerprint density at radius 1 is 0.727 bits per heavy atom. The molecule has 2 heterocycles. The van der Waals surface area contributed by atoms with E-state index in [1.165, 1.54) is 0 Å². The molecule has 2 aromatic heterocycles. The molecule has 3 rings (SSSR count). The van der Waals surface area contributed by atoms with Crippen molar-refractivity contribution in [3.05, 3.63) is 72.2 Å². The number of hydrogen-bond acceptors (Lipinski definition) is 2. The first-order valence-corrected chi connectivity index (χ1v) is 7.19. The van der Waals surface area contributed by atoms with Crippen molar-refractivity contribution in [2.75, 3.05) is 0 Å². The van der Waals surface area contributed by atoms with Gasteiger partial charge in [-0.3, -0.25) is 0 Å². The van der Waals surface area contributed by atoms with Crippen molar-refractivity contribution >= 4 is 12.2 Å². The minimum Gasteiger partial charge on any atom is -0.457 e. The fourth-order valence-corrected chi connectivity index (χ4v) is 2.56. The lowest BCUT2D eigenvalue weighted by molar-refractivity contribution is 0.569. The fraction of sp³-hybridized carbons (Fsp3) is 0.100. The average Bonchev–Trinajstić information content (AvgIpc) is 3.17. The summed E-state index contributed by atoms with van der Waals surface area (Å²) in [5.74, 6) is 3.26. The third-order valence-corrected chi connectivity index (χ3v) is 3.76. The Morgan fingerprint density at radius 3 is 1.45 bits per heavy atom. The standard InChI is InChI=1S/C20H18O2/c1-5-15-7-9-19(21-15)17-11-14(4)18(12-13(17)3)20-10-8-16(6-2)22-20/h5-12H,1-2H2,3-4H3. The van der Waals surface area contributed by atoms with Crippen LogP contribution in [-0.4, -0.2) is 0 Å². The molecule has 0 aliphatic heterocycles. The molecule has 0 unspecified atom stereocenters. The van der Waals surface area contributed by atoms with E-state index in [4.69, 9.17) is 8.83 Å². The van der Waals surface area contributed by atoms with Crippen LogP contribution in [0, 0.1) is 13.8 Å². The highest BCUT2D eigenvalue weighted by Crippen LogP contribution is 2.33. The lowest BCUT2D eigenvalue weighted by Gasteiger charge is -2.09. The van der Waals surface area contributed by atoms with Crippen LogP contribution in [0.2, 0.25) is 0 Å². The van der Waals surface area contributed by atoms with Gasteiger partial charge < -0.3 is 8.83 Å². The van der Waals surface area contributed by atoms with E-state index in [1.807, 2.05) is 24.3 Å². The lowest BCUT2D eigenvalue weighted by atomic mass is 9.97. The summed E-state index contributed by atoms with van der Waals surface area (Å²) in [6.45, 7) is 11.6. The van der Waals surface area contributed by atoms with Gasteiger partial charge in [-0.15, -0.1) is 0 Å². The summed E-state index contributed by atoms with van der Waals surface area (Å²) < 4.78 is 11.5. The van der Waals surface area contributed by atoms with Crippen LogP contribution in [0.4, 0.5) is 0 Å². The number of benzene rings is 1. The molecule has 0 aliphatic carbocycles. The molecule has 0 bridgehead atoms. The third kappa shape index (κ3) is 2.44. The van der Waals surface area contributed by atoms with Crippen molar-refractivity contribution in [1.29, 1.82) is 0 Å². The maximum atomic E-state index is 5.77. The summed E-state index contributed by atoms with van der Waals surface area (Å²) in [7, 11) is 0. The number of aryl methyl sites for hydroxylation is 2. The molecule has 1 aromatic carbocycles. The normalized spacial score (nSPS) is 10.6. The quantitative estimate of drug-likeness (QED) is 0.579. The molecule has 2 nitrogen and oxygen atoms in total.